The first kappa shape index (κ1) is 18.5. The van der Waals surface area contributed by atoms with E-state index in [-0.39, 0.29) is 11.8 Å². The number of hydrogen-bond donors (Lipinski definition) is 2. The molecule has 0 aliphatic heterocycles. The van der Waals surface area contributed by atoms with Crippen molar-refractivity contribution in [1.29, 1.82) is 0 Å². The van der Waals surface area contributed by atoms with Crippen molar-refractivity contribution in [2.24, 2.45) is 0 Å². The van der Waals surface area contributed by atoms with Crippen molar-refractivity contribution in [3.63, 3.8) is 0 Å². The van der Waals surface area contributed by atoms with Crippen LogP contribution >= 0.6 is 0 Å². The Bertz CT molecular complexity index is 767. The van der Waals surface area contributed by atoms with Gasteiger partial charge in [-0.15, -0.1) is 0 Å². The third-order valence-corrected chi connectivity index (χ3v) is 3.92. The molecule has 0 bridgehead atoms. The van der Waals surface area contributed by atoms with Crippen molar-refractivity contribution < 1.29 is 14.3 Å². The molecule has 0 fully saturated rings. The van der Waals surface area contributed by atoms with Gasteiger partial charge in [-0.2, -0.15) is 0 Å². The molecule has 25 heavy (non-hydrogen) atoms. The number of ether oxygens (including phenoxy) is 1. The quantitative estimate of drug-likeness (QED) is 0.848. The summed E-state index contributed by atoms with van der Waals surface area (Å²) in [5.41, 5.74) is 4.65. The molecule has 0 aliphatic carbocycles. The lowest BCUT2D eigenvalue weighted by atomic mass is 10.0. The summed E-state index contributed by atoms with van der Waals surface area (Å²) in [4.78, 5) is 23.2. The van der Waals surface area contributed by atoms with Crippen molar-refractivity contribution in [3.8, 4) is 5.75 Å². The van der Waals surface area contributed by atoms with Crippen molar-refractivity contribution in [2.45, 2.75) is 27.2 Å². The maximum Gasteiger partial charge on any atom is 0.251 e. The van der Waals surface area contributed by atoms with E-state index in [4.69, 9.17) is 4.74 Å². The Balaban J connectivity index is 1.96. The molecule has 0 saturated heterocycles. The zero-order valence-electron chi connectivity index (χ0n) is 15.1. The van der Waals surface area contributed by atoms with E-state index < -0.39 is 0 Å². The summed E-state index contributed by atoms with van der Waals surface area (Å²) in [5.74, 6) is 0.573. The molecule has 0 radical (unpaired) electrons. The van der Waals surface area contributed by atoms with E-state index in [1.807, 2.05) is 19.9 Å². The monoisotopic (exact) mass is 340 g/mol. The minimum Gasteiger partial charge on any atom is -0.496 e. The highest BCUT2D eigenvalue weighted by Crippen LogP contribution is 2.24. The average Bonchev–Trinajstić information content (AvgIpc) is 2.56. The number of anilines is 1. The van der Waals surface area contributed by atoms with Gasteiger partial charge in [0.2, 0.25) is 5.91 Å². The molecule has 2 amide bonds. The Hall–Kier alpha value is -2.82. The summed E-state index contributed by atoms with van der Waals surface area (Å²) >= 11 is 0. The Labute approximate surface area is 148 Å². The third kappa shape index (κ3) is 5.08. The van der Waals surface area contributed by atoms with Crippen molar-refractivity contribution >= 4 is 17.5 Å². The van der Waals surface area contributed by atoms with Gasteiger partial charge in [0, 0.05) is 24.7 Å². The molecule has 0 saturated carbocycles. The Kier molecular flexibility index (Phi) is 6.17. The average molecular weight is 340 g/mol. The van der Waals surface area contributed by atoms with Crippen molar-refractivity contribution in [2.75, 3.05) is 19.0 Å². The van der Waals surface area contributed by atoms with E-state index in [9.17, 15) is 9.59 Å². The first-order valence-electron chi connectivity index (χ1n) is 8.20. The molecule has 2 aromatic rings. The van der Waals surface area contributed by atoms with Crippen LogP contribution in [0.4, 0.5) is 5.69 Å². The third-order valence-electron chi connectivity index (χ3n) is 3.92. The van der Waals surface area contributed by atoms with E-state index in [1.54, 1.807) is 31.4 Å². The molecule has 0 heterocycles. The number of nitrogens with one attached hydrogen (secondary N) is 2. The Morgan fingerprint density at radius 1 is 1.08 bits per heavy atom. The highest BCUT2D eigenvalue weighted by atomic mass is 16.5. The lowest BCUT2D eigenvalue weighted by Crippen LogP contribution is -2.26. The first-order valence-corrected chi connectivity index (χ1v) is 8.20. The lowest BCUT2D eigenvalue weighted by molar-refractivity contribution is -0.114. The molecular formula is C20H24N2O3. The van der Waals surface area contributed by atoms with Crippen LogP contribution < -0.4 is 15.4 Å². The summed E-state index contributed by atoms with van der Waals surface area (Å²) in [6.07, 6.45) is 0.699. The topological polar surface area (TPSA) is 67.4 Å². The molecule has 2 rings (SSSR count). The van der Waals surface area contributed by atoms with E-state index in [0.29, 0.717) is 24.2 Å². The van der Waals surface area contributed by atoms with Crippen molar-refractivity contribution in [1.82, 2.24) is 5.32 Å². The molecule has 5 heteroatoms. The number of rotatable bonds is 6. The largest absolute Gasteiger partial charge is 0.496 e. The molecule has 0 unspecified atom stereocenters. The van der Waals surface area contributed by atoms with Gasteiger partial charge in [-0.1, -0.05) is 6.07 Å². The molecular weight excluding hydrogens is 316 g/mol. The molecule has 0 spiro atoms. The fourth-order valence-corrected chi connectivity index (χ4v) is 2.77. The molecule has 2 N–H and O–H groups in total. The van der Waals surface area contributed by atoms with Crippen LogP contribution in [0.15, 0.2) is 36.4 Å². The minimum absolute atomic E-state index is 0.139. The Morgan fingerprint density at radius 3 is 2.36 bits per heavy atom. The van der Waals surface area contributed by atoms with Crippen LogP contribution in [-0.2, 0) is 11.2 Å². The normalized spacial score (nSPS) is 10.2. The zero-order valence-corrected chi connectivity index (χ0v) is 15.1. The number of hydrogen-bond acceptors (Lipinski definition) is 3. The van der Waals surface area contributed by atoms with Gasteiger partial charge in [-0.05, 0) is 67.3 Å². The second kappa shape index (κ2) is 8.33. The van der Waals surface area contributed by atoms with Crippen LogP contribution in [0.25, 0.3) is 0 Å². The SMILES string of the molecule is COc1cc(C)cc(C)c1CCNC(=O)c1ccc(NC(C)=O)cc1. The number of carbonyl (C=O) groups is 2. The first-order chi connectivity index (χ1) is 11.9. The molecule has 2 aromatic carbocycles. The number of methoxy groups -OCH3 is 1. The zero-order chi connectivity index (χ0) is 18.4. The van der Waals surface area contributed by atoms with Gasteiger partial charge in [0.15, 0.2) is 0 Å². The lowest BCUT2D eigenvalue weighted by Gasteiger charge is -2.13. The standard InChI is InChI=1S/C20H24N2O3/c1-13-11-14(2)18(19(12-13)25-4)9-10-21-20(24)16-5-7-17(8-6-16)22-15(3)23/h5-8,11-12H,9-10H2,1-4H3,(H,21,24)(H,22,23). The van der Waals surface area contributed by atoms with Crippen LogP contribution in [0.1, 0.15) is 34.0 Å². The van der Waals surface area contributed by atoms with E-state index in [0.717, 1.165) is 22.4 Å². The molecule has 5 nitrogen and oxygen atoms in total. The number of benzene rings is 2. The summed E-state index contributed by atoms with van der Waals surface area (Å²) in [5, 5.41) is 5.59. The van der Waals surface area contributed by atoms with Gasteiger partial charge in [0.1, 0.15) is 5.75 Å². The van der Waals surface area contributed by atoms with Crippen LogP contribution in [0.2, 0.25) is 0 Å². The fourth-order valence-electron chi connectivity index (χ4n) is 2.77. The van der Waals surface area contributed by atoms with Gasteiger partial charge < -0.3 is 15.4 Å². The van der Waals surface area contributed by atoms with Gasteiger partial charge in [0.25, 0.3) is 5.91 Å². The highest BCUT2D eigenvalue weighted by Gasteiger charge is 2.10. The van der Waals surface area contributed by atoms with E-state index in [2.05, 4.69) is 16.7 Å². The molecule has 0 aliphatic rings. The summed E-state index contributed by atoms with van der Waals surface area (Å²) < 4.78 is 5.45. The van der Waals surface area contributed by atoms with E-state index in [1.165, 1.54) is 6.92 Å². The summed E-state index contributed by atoms with van der Waals surface area (Å²) in [6, 6.07) is 10.9. The number of aryl methyl sites for hydroxylation is 2. The number of amides is 2. The maximum absolute atomic E-state index is 12.2. The number of carbonyl (C=O) groups excluding carboxylic acids is 2. The van der Waals surface area contributed by atoms with Crippen LogP contribution in [-0.4, -0.2) is 25.5 Å². The smallest absolute Gasteiger partial charge is 0.251 e. The van der Waals surface area contributed by atoms with Gasteiger partial charge in [-0.25, -0.2) is 0 Å². The van der Waals surface area contributed by atoms with Crippen molar-refractivity contribution in [3.05, 3.63) is 58.7 Å². The molecule has 0 aromatic heterocycles. The maximum atomic E-state index is 12.2. The predicted octanol–water partition coefficient (Wildman–Crippen LogP) is 3.24. The van der Waals surface area contributed by atoms with Crippen LogP contribution in [0.3, 0.4) is 0 Å². The van der Waals surface area contributed by atoms with Crippen LogP contribution in [0.5, 0.6) is 5.75 Å². The molecule has 0 atom stereocenters. The van der Waals surface area contributed by atoms with Crippen LogP contribution in [0, 0.1) is 13.8 Å². The Morgan fingerprint density at radius 2 is 1.76 bits per heavy atom. The predicted molar refractivity (Wildman–Crippen MR) is 99.3 cm³/mol. The van der Waals surface area contributed by atoms with Gasteiger partial charge in [0.05, 0.1) is 7.11 Å². The van der Waals surface area contributed by atoms with Gasteiger partial charge in [-0.3, -0.25) is 9.59 Å². The van der Waals surface area contributed by atoms with Gasteiger partial charge >= 0.3 is 0 Å². The summed E-state index contributed by atoms with van der Waals surface area (Å²) in [7, 11) is 1.66. The second-order valence-electron chi connectivity index (χ2n) is 6.03. The second-order valence-corrected chi connectivity index (χ2v) is 6.03. The van der Waals surface area contributed by atoms with E-state index >= 15 is 0 Å². The molecule has 132 valence electrons. The fraction of sp³-hybridized carbons (Fsp3) is 0.300. The highest BCUT2D eigenvalue weighted by molar-refractivity contribution is 5.95. The minimum atomic E-state index is -0.141. The summed E-state index contributed by atoms with van der Waals surface area (Å²) in [6.45, 7) is 6.05.